The van der Waals surface area contributed by atoms with Gasteiger partial charge in [-0.2, -0.15) is 5.10 Å². The molecule has 1 atom stereocenters. The van der Waals surface area contributed by atoms with Crippen molar-refractivity contribution in [2.45, 2.75) is 72.5 Å². The van der Waals surface area contributed by atoms with Crippen LogP contribution in [0.2, 0.25) is 0 Å². The first-order valence-corrected chi connectivity index (χ1v) is 10.6. The number of rotatable bonds is 7. The summed E-state index contributed by atoms with van der Waals surface area (Å²) in [4.78, 5) is 29.2. The van der Waals surface area contributed by atoms with E-state index in [-0.39, 0.29) is 17.9 Å². The highest BCUT2D eigenvalue weighted by Crippen LogP contribution is 2.20. The Bertz CT molecular complexity index is 715. The molecule has 0 spiro atoms. The SMILES string of the molecule is Cc1nn(CC(C)C)c(C)c1CC(=O)N1CCN(C(C)C(=O)NC2CC2)CC1. The number of piperazine rings is 1. The average molecular weight is 390 g/mol. The minimum Gasteiger partial charge on any atom is -0.352 e. The molecular weight excluding hydrogens is 354 g/mol. The topological polar surface area (TPSA) is 70.5 Å². The number of amides is 2. The lowest BCUT2D eigenvalue weighted by molar-refractivity contribution is -0.133. The van der Waals surface area contributed by atoms with E-state index in [0.29, 0.717) is 31.5 Å². The lowest BCUT2D eigenvalue weighted by atomic mass is 10.1. The van der Waals surface area contributed by atoms with E-state index in [0.717, 1.165) is 49.4 Å². The van der Waals surface area contributed by atoms with Crippen molar-refractivity contribution in [3.63, 3.8) is 0 Å². The number of hydrogen-bond donors (Lipinski definition) is 1. The molecule has 2 amide bonds. The molecule has 1 aliphatic heterocycles. The standard InChI is InChI=1S/C21H35N5O2/c1-14(2)13-26-16(4)19(15(3)23-26)12-20(27)25-10-8-24(9-11-25)17(5)21(28)22-18-6-7-18/h14,17-18H,6-13H2,1-5H3,(H,22,28). The number of aryl methyl sites for hydroxylation is 1. The van der Waals surface area contributed by atoms with Crippen LogP contribution < -0.4 is 5.32 Å². The summed E-state index contributed by atoms with van der Waals surface area (Å²) in [5, 5.41) is 7.70. The molecule has 28 heavy (non-hydrogen) atoms. The van der Waals surface area contributed by atoms with Gasteiger partial charge in [-0.25, -0.2) is 0 Å². The molecule has 7 nitrogen and oxygen atoms in total. The Kier molecular flexibility index (Phi) is 6.43. The van der Waals surface area contributed by atoms with Crippen LogP contribution in [0.1, 0.15) is 50.6 Å². The van der Waals surface area contributed by atoms with E-state index in [4.69, 9.17) is 0 Å². The fraction of sp³-hybridized carbons (Fsp3) is 0.762. The maximum absolute atomic E-state index is 12.9. The van der Waals surface area contributed by atoms with Crippen molar-refractivity contribution in [3.05, 3.63) is 17.0 Å². The summed E-state index contributed by atoms with van der Waals surface area (Å²) in [7, 11) is 0. The van der Waals surface area contributed by atoms with Crippen molar-refractivity contribution in [1.82, 2.24) is 24.9 Å². The van der Waals surface area contributed by atoms with Gasteiger partial charge in [-0.3, -0.25) is 19.2 Å². The molecule has 2 fully saturated rings. The van der Waals surface area contributed by atoms with Crippen LogP contribution in [0, 0.1) is 19.8 Å². The third-order valence-corrected chi connectivity index (χ3v) is 5.92. The lowest BCUT2D eigenvalue weighted by Gasteiger charge is -2.37. The van der Waals surface area contributed by atoms with E-state index in [1.807, 2.05) is 23.4 Å². The number of nitrogens with zero attached hydrogens (tertiary/aromatic N) is 4. The molecule has 3 rings (SSSR count). The van der Waals surface area contributed by atoms with Crippen molar-refractivity contribution < 1.29 is 9.59 Å². The van der Waals surface area contributed by atoms with E-state index in [2.05, 4.69) is 36.1 Å². The second kappa shape index (κ2) is 8.64. The number of carbonyl (C=O) groups is 2. The number of aromatic nitrogens is 2. The predicted molar refractivity (Wildman–Crippen MR) is 109 cm³/mol. The molecule has 156 valence electrons. The number of carbonyl (C=O) groups excluding carboxylic acids is 2. The van der Waals surface area contributed by atoms with Crippen molar-refractivity contribution >= 4 is 11.8 Å². The quantitative estimate of drug-likeness (QED) is 0.767. The van der Waals surface area contributed by atoms with Crippen LogP contribution in [0.25, 0.3) is 0 Å². The van der Waals surface area contributed by atoms with Crippen LogP contribution in [0.15, 0.2) is 0 Å². The van der Waals surface area contributed by atoms with Gasteiger partial charge in [0.15, 0.2) is 0 Å². The number of hydrogen-bond acceptors (Lipinski definition) is 4. The van der Waals surface area contributed by atoms with E-state index in [1.54, 1.807) is 0 Å². The predicted octanol–water partition coefficient (Wildman–Crippen LogP) is 1.51. The molecule has 0 aromatic carbocycles. The van der Waals surface area contributed by atoms with Gasteiger partial charge >= 0.3 is 0 Å². The summed E-state index contributed by atoms with van der Waals surface area (Å²) in [5.74, 6) is 0.796. The van der Waals surface area contributed by atoms with Crippen LogP contribution in [-0.4, -0.2) is 69.7 Å². The summed E-state index contributed by atoms with van der Waals surface area (Å²) in [6.07, 6.45) is 2.62. The van der Waals surface area contributed by atoms with Gasteiger partial charge in [0.25, 0.3) is 0 Å². The Morgan fingerprint density at radius 2 is 1.75 bits per heavy atom. The Hall–Kier alpha value is -1.89. The summed E-state index contributed by atoms with van der Waals surface area (Å²) >= 11 is 0. The number of nitrogens with one attached hydrogen (secondary N) is 1. The zero-order valence-electron chi connectivity index (χ0n) is 18.0. The minimum absolute atomic E-state index is 0.117. The van der Waals surface area contributed by atoms with Gasteiger partial charge in [0.2, 0.25) is 11.8 Å². The lowest BCUT2D eigenvalue weighted by Crippen LogP contribution is -2.55. The molecule has 1 unspecified atom stereocenters. The zero-order valence-corrected chi connectivity index (χ0v) is 18.0. The molecular formula is C21H35N5O2. The van der Waals surface area contributed by atoms with E-state index in [1.165, 1.54) is 0 Å². The molecule has 0 radical (unpaired) electrons. The minimum atomic E-state index is -0.128. The smallest absolute Gasteiger partial charge is 0.237 e. The first-order chi connectivity index (χ1) is 13.3. The van der Waals surface area contributed by atoms with E-state index < -0.39 is 0 Å². The molecule has 2 aliphatic rings. The highest BCUT2D eigenvalue weighted by atomic mass is 16.2. The van der Waals surface area contributed by atoms with E-state index in [9.17, 15) is 9.59 Å². The van der Waals surface area contributed by atoms with Gasteiger partial charge < -0.3 is 10.2 Å². The Morgan fingerprint density at radius 1 is 1.11 bits per heavy atom. The normalized spacial score (nSPS) is 19.1. The second-order valence-corrected chi connectivity index (χ2v) is 8.78. The van der Waals surface area contributed by atoms with Gasteiger partial charge in [0.1, 0.15) is 0 Å². The maximum atomic E-state index is 12.9. The highest BCUT2D eigenvalue weighted by molar-refractivity contribution is 5.82. The molecule has 1 aromatic rings. The first-order valence-electron chi connectivity index (χ1n) is 10.6. The maximum Gasteiger partial charge on any atom is 0.237 e. The van der Waals surface area contributed by atoms with Crippen molar-refractivity contribution in [3.8, 4) is 0 Å². The monoisotopic (exact) mass is 389 g/mol. The van der Waals surface area contributed by atoms with Crippen molar-refractivity contribution in [2.24, 2.45) is 5.92 Å². The van der Waals surface area contributed by atoms with Gasteiger partial charge in [-0.05, 0) is 39.5 Å². The fourth-order valence-corrected chi connectivity index (χ4v) is 3.85. The Balaban J connectivity index is 1.52. The largest absolute Gasteiger partial charge is 0.352 e. The molecule has 1 saturated carbocycles. The summed E-state index contributed by atoms with van der Waals surface area (Å²) in [6, 6.07) is 0.262. The third kappa shape index (κ3) is 4.93. The van der Waals surface area contributed by atoms with Gasteiger partial charge in [-0.15, -0.1) is 0 Å². The highest BCUT2D eigenvalue weighted by Gasteiger charge is 2.31. The second-order valence-electron chi connectivity index (χ2n) is 8.78. The van der Waals surface area contributed by atoms with Crippen molar-refractivity contribution in [1.29, 1.82) is 0 Å². The molecule has 2 heterocycles. The average Bonchev–Trinajstić information content (AvgIpc) is 3.43. The third-order valence-electron chi connectivity index (χ3n) is 5.92. The van der Waals surface area contributed by atoms with Crippen LogP contribution in [0.5, 0.6) is 0 Å². The molecule has 1 aromatic heterocycles. The first kappa shape index (κ1) is 20.8. The van der Waals surface area contributed by atoms with Gasteiger partial charge in [0, 0.05) is 50.0 Å². The summed E-state index contributed by atoms with van der Waals surface area (Å²) in [6.45, 7) is 14.1. The molecule has 1 aliphatic carbocycles. The van der Waals surface area contributed by atoms with Crippen LogP contribution in [-0.2, 0) is 22.6 Å². The van der Waals surface area contributed by atoms with E-state index >= 15 is 0 Å². The summed E-state index contributed by atoms with van der Waals surface area (Å²) in [5.41, 5.74) is 3.12. The molecule has 1 saturated heterocycles. The fourth-order valence-electron chi connectivity index (χ4n) is 3.85. The summed E-state index contributed by atoms with van der Waals surface area (Å²) < 4.78 is 2.03. The van der Waals surface area contributed by atoms with Crippen LogP contribution in [0.3, 0.4) is 0 Å². The molecule has 0 bridgehead atoms. The van der Waals surface area contributed by atoms with Crippen LogP contribution >= 0.6 is 0 Å². The van der Waals surface area contributed by atoms with Gasteiger partial charge in [0.05, 0.1) is 18.2 Å². The zero-order chi connectivity index (χ0) is 20.4. The Labute approximate surface area is 168 Å². The Morgan fingerprint density at radius 3 is 2.32 bits per heavy atom. The van der Waals surface area contributed by atoms with Gasteiger partial charge in [-0.1, -0.05) is 13.8 Å². The molecule has 7 heteroatoms. The van der Waals surface area contributed by atoms with Crippen LogP contribution in [0.4, 0.5) is 0 Å². The van der Waals surface area contributed by atoms with Crippen molar-refractivity contribution in [2.75, 3.05) is 26.2 Å². The molecule has 1 N–H and O–H groups in total.